The third-order valence-electron chi connectivity index (χ3n) is 4.93. The number of fused-ring (bicyclic) bond motifs is 1. The Hall–Kier alpha value is -3.17. The standard InChI is InChI=1S/C23H25NO7S/c1-14(2)22(24-32(27,28)18-8-6-17(29-4)7-9-18)23(26)30-13-16-12-21(25)31-20-11-15(3)5-10-19(16)20/h5-12,14,22,24H,13H2,1-4H3/t22-/m0/s1. The molecule has 0 aliphatic heterocycles. The Bertz CT molecular complexity index is 1280. The van der Waals surface area contributed by atoms with Gasteiger partial charge in [0.25, 0.3) is 0 Å². The summed E-state index contributed by atoms with van der Waals surface area (Å²) in [6.07, 6.45) is 0. The molecule has 1 atom stereocenters. The van der Waals surface area contributed by atoms with Crippen LogP contribution in [0.4, 0.5) is 0 Å². The monoisotopic (exact) mass is 459 g/mol. The SMILES string of the molecule is COc1ccc(S(=O)(=O)N[C@H](C(=O)OCc2cc(=O)oc3cc(C)ccc23)C(C)C)cc1. The Morgan fingerprint density at radius 1 is 1.09 bits per heavy atom. The van der Waals surface area contributed by atoms with Crippen molar-refractivity contribution in [1.82, 2.24) is 4.72 Å². The molecule has 0 bridgehead atoms. The van der Waals surface area contributed by atoms with Crippen molar-refractivity contribution in [3.63, 3.8) is 0 Å². The minimum atomic E-state index is -3.98. The third kappa shape index (κ3) is 5.35. The molecule has 0 amide bonds. The van der Waals surface area contributed by atoms with Crippen LogP contribution in [0.15, 0.2) is 62.6 Å². The Kier molecular flexibility index (Phi) is 7.00. The summed E-state index contributed by atoms with van der Waals surface area (Å²) in [7, 11) is -2.50. The summed E-state index contributed by atoms with van der Waals surface area (Å²) >= 11 is 0. The first-order valence-electron chi connectivity index (χ1n) is 9.97. The fraction of sp³-hybridized carbons (Fsp3) is 0.304. The molecular formula is C23H25NO7S. The van der Waals surface area contributed by atoms with E-state index < -0.39 is 27.7 Å². The molecular weight excluding hydrogens is 434 g/mol. The fourth-order valence-electron chi connectivity index (χ4n) is 3.14. The van der Waals surface area contributed by atoms with E-state index in [-0.39, 0.29) is 17.4 Å². The molecule has 0 radical (unpaired) electrons. The molecule has 1 aromatic heterocycles. The second-order valence-electron chi connectivity index (χ2n) is 7.72. The van der Waals surface area contributed by atoms with Gasteiger partial charge in [-0.15, -0.1) is 0 Å². The van der Waals surface area contributed by atoms with Crippen molar-refractivity contribution in [2.24, 2.45) is 5.92 Å². The van der Waals surface area contributed by atoms with Crippen LogP contribution in [-0.4, -0.2) is 27.5 Å². The first kappa shape index (κ1) is 23.5. The maximum Gasteiger partial charge on any atom is 0.336 e. The second-order valence-corrected chi connectivity index (χ2v) is 9.43. The Morgan fingerprint density at radius 2 is 1.78 bits per heavy atom. The molecule has 170 valence electrons. The molecule has 1 N–H and O–H groups in total. The van der Waals surface area contributed by atoms with Gasteiger partial charge in [0.15, 0.2) is 0 Å². The van der Waals surface area contributed by atoms with E-state index in [9.17, 15) is 18.0 Å². The van der Waals surface area contributed by atoms with Crippen LogP contribution in [0.5, 0.6) is 5.75 Å². The summed E-state index contributed by atoms with van der Waals surface area (Å²) in [5.74, 6) is -0.611. The number of esters is 1. The lowest BCUT2D eigenvalue weighted by atomic mass is 10.1. The van der Waals surface area contributed by atoms with Gasteiger partial charge in [0.1, 0.15) is 24.0 Å². The van der Waals surface area contributed by atoms with Crippen molar-refractivity contribution in [3.05, 3.63) is 70.1 Å². The largest absolute Gasteiger partial charge is 0.497 e. The Labute approximate surface area is 186 Å². The van der Waals surface area contributed by atoms with Crippen molar-refractivity contribution in [3.8, 4) is 5.75 Å². The van der Waals surface area contributed by atoms with Crippen molar-refractivity contribution < 1.29 is 27.1 Å². The third-order valence-corrected chi connectivity index (χ3v) is 6.39. The molecule has 2 aromatic carbocycles. The fourth-order valence-corrected chi connectivity index (χ4v) is 4.47. The molecule has 1 heterocycles. The Morgan fingerprint density at radius 3 is 2.41 bits per heavy atom. The predicted molar refractivity (Wildman–Crippen MR) is 119 cm³/mol. The molecule has 3 rings (SSSR count). The molecule has 0 unspecified atom stereocenters. The minimum absolute atomic E-state index is 0.00113. The summed E-state index contributed by atoms with van der Waals surface area (Å²) in [6.45, 7) is 5.08. The van der Waals surface area contributed by atoms with Crippen LogP contribution in [-0.2, 0) is 26.2 Å². The van der Waals surface area contributed by atoms with Crippen LogP contribution in [0, 0.1) is 12.8 Å². The van der Waals surface area contributed by atoms with E-state index in [4.69, 9.17) is 13.9 Å². The van der Waals surface area contributed by atoms with Crippen molar-refractivity contribution in [2.75, 3.05) is 7.11 Å². The summed E-state index contributed by atoms with van der Waals surface area (Å²) in [5, 5.41) is 0.642. The van der Waals surface area contributed by atoms with Crippen LogP contribution in [0.3, 0.4) is 0 Å². The number of carbonyl (C=O) groups excluding carboxylic acids is 1. The second kappa shape index (κ2) is 9.54. The van der Waals surface area contributed by atoms with Crippen LogP contribution < -0.4 is 15.1 Å². The van der Waals surface area contributed by atoms with Crippen LogP contribution >= 0.6 is 0 Å². The molecule has 0 spiro atoms. The van der Waals surface area contributed by atoms with Gasteiger partial charge in [-0.2, -0.15) is 4.72 Å². The molecule has 9 heteroatoms. The maximum absolute atomic E-state index is 12.8. The lowest BCUT2D eigenvalue weighted by Gasteiger charge is -2.21. The predicted octanol–water partition coefficient (Wildman–Crippen LogP) is 3.16. The van der Waals surface area contributed by atoms with E-state index in [2.05, 4.69) is 4.72 Å². The normalized spacial score (nSPS) is 12.7. The zero-order chi connectivity index (χ0) is 23.5. The zero-order valence-corrected chi connectivity index (χ0v) is 19.1. The topological polar surface area (TPSA) is 112 Å². The summed E-state index contributed by atoms with van der Waals surface area (Å²) in [5.41, 5.74) is 1.23. The zero-order valence-electron chi connectivity index (χ0n) is 18.2. The Balaban J connectivity index is 1.79. The highest BCUT2D eigenvalue weighted by Gasteiger charge is 2.30. The molecule has 8 nitrogen and oxygen atoms in total. The van der Waals surface area contributed by atoms with E-state index in [0.717, 1.165) is 5.56 Å². The number of sulfonamides is 1. The molecule has 32 heavy (non-hydrogen) atoms. The number of ether oxygens (including phenoxy) is 2. The first-order valence-corrected chi connectivity index (χ1v) is 11.5. The highest BCUT2D eigenvalue weighted by molar-refractivity contribution is 7.89. The van der Waals surface area contributed by atoms with E-state index >= 15 is 0 Å². The van der Waals surface area contributed by atoms with Crippen LogP contribution in [0.2, 0.25) is 0 Å². The van der Waals surface area contributed by atoms with Gasteiger partial charge in [-0.05, 0) is 48.7 Å². The van der Waals surface area contributed by atoms with Gasteiger partial charge < -0.3 is 13.9 Å². The van der Waals surface area contributed by atoms with E-state index in [1.165, 1.54) is 37.4 Å². The van der Waals surface area contributed by atoms with E-state index in [1.807, 2.05) is 13.0 Å². The maximum atomic E-state index is 12.8. The number of benzene rings is 2. The number of rotatable bonds is 8. The molecule has 0 saturated carbocycles. The number of aryl methyl sites for hydroxylation is 1. The van der Waals surface area contributed by atoms with Gasteiger partial charge in [0, 0.05) is 17.0 Å². The van der Waals surface area contributed by atoms with E-state index in [1.54, 1.807) is 26.0 Å². The number of nitrogens with one attached hydrogen (secondary N) is 1. The quantitative estimate of drug-likeness (QED) is 0.407. The highest BCUT2D eigenvalue weighted by Crippen LogP contribution is 2.21. The number of hydrogen-bond acceptors (Lipinski definition) is 7. The molecule has 0 aliphatic carbocycles. The van der Waals surface area contributed by atoms with Gasteiger partial charge in [0.05, 0.1) is 12.0 Å². The molecule has 0 aliphatic rings. The lowest BCUT2D eigenvalue weighted by molar-refractivity contribution is -0.148. The first-order chi connectivity index (χ1) is 15.1. The highest BCUT2D eigenvalue weighted by atomic mass is 32.2. The number of hydrogen-bond donors (Lipinski definition) is 1. The molecule has 0 saturated heterocycles. The van der Waals surface area contributed by atoms with Crippen LogP contribution in [0.25, 0.3) is 11.0 Å². The van der Waals surface area contributed by atoms with Gasteiger partial charge >= 0.3 is 11.6 Å². The van der Waals surface area contributed by atoms with Gasteiger partial charge in [-0.25, -0.2) is 13.2 Å². The smallest absolute Gasteiger partial charge is 0.336 e. The average Bonchev–Trinajstić information content (AvgIpc) is 2.75. The van der Waals surface area contributed by atoms with Gasteiger partial charge in [0.2, 0.25) is 10.0 Å². The summed E-state index contributed by atoms with van der Waals surface area (Å²) in [6, 6.07) is 11.3. The number of carbonyl (C=O) groups is 1. The van der Waals surface area contributed by atoms with Gasteiger partial charge in [-0.3, -0.25) is 4.79 Å². The van der Waals surface area contributed by atoms with Gasteiger partial charge in [-0.1, -0.05) is 26.0 Å². The lowest BCUT2D eigenvalue weighted by Crippen LogP contribution is -2.45. The van der Waals surface area contributed by atoms with Crippen molar-refractivity contribution >= 4 is 27.0 Å². The average molecular weight is 460 g/mol. The minimum Gasteiger partial charge on any atom is -0.497 e. The number of methoxy groups -OCH3 is 1. The van der Waals surface area contributed by atoms with E-state index in [0.29, 0.717) is 22.3 Å². The molecule has 3 aromatic rings. The molecule has 0 fully saturated rings. The van der Waals surface area contributed by atoms with Crippen molar-refractivity contribution in [2.45, 2.75) is 38.3 Å². The van der Waals surface area contributed by atoms with Crippen molar-refractivity contribution in [1.29, 1.82) is 0 Å². The summed E-state index contributed by atoms with van der Waals surface area (Å²) < 4.78 is 43.6. The summed E-state index contributed by atoms with van der Waals surface area (Å²) in [4.78, 5) is 24.7. The van der Waals surface area contributed by atoms with Crippen LogP contribution in [0.1, 0.15) is 25.0 Å².